The molecule has 0 aromatic rings. The molecule has 0 aliphatic rings. The van der Waals surface area contributed by atoms with E-state index < -0.39 is 6.10 Å². The summed E-state index contributed by atoms with van der Waals surface area (Å²) in [6, 6.07) is 0. The van der Waals surface area contributed by atoms with Crippen molar-refractivity contribution in [1.82, 2.24) is 0 Å². The molecule has 0 saturated carbocycles. The Balaban J connectivity index is 4.03. The van der Waals surface area contributed by atoms with Crippen molar-refractivity contribution < 1.29 is 28.6 Å². The minimum atomic E-state index is -0.766. The molecule has 0 radical (unpaired) electrons. The van der Waals surface area contributed by atoms with Gasteiger partial charge in [0.05, 0.1) is 0 Å². The molecule has 0 saturated heterocycles. The van der Waals surface area contributed by atoms with Crippen LogP contribution in [0.5, 0.6) is 0 Å². The van der Waals surface area contributed by atoms with Crippen molar-refractivity contribution in [3.05, 3.63) is 48.6 Å². The standard InChI is InChI=1S/C77H142O6/c1-4-7-10-13-16-19-22-24-26-28-30-32-33-34-35-36-37-38-39-40-41-42-43-44-45-46-48-49-51-53-55-58-61-64-67-70-76(79)82-73-74(72-81-75(78)69-66-63-60-57-21-18-15-12-9-6-3)83-77(80)71-68-65-62-59-56-54-52-50-47-31-29-27-25-23-20-17-14-11-8-5-2/h7,10,16,19,24,26,30,32,74H,4-6,8-9,11-15,17-18,20-23,25,27-29,31,33-73H2,1-3H3/b10-7-,19-16-,26-24-,32-30-. The smallest absolute Gasteiger partial charge is 0.306 e. The highest BCUT2D eigenvalue weighted by Gasteiger charge is 2.20. The lowest BCUT2D eigenvalue weighted by atomic mass is 10.0. The minimum absolute atomic E-state index is 0.0643. The van der Waals surface area contributed by atoms with Crippen LogP contribution >= 0.6 is 0 Å². The average Bonchev–Trinajstić information content (AvgIpc) is 3.49. The van der Waals surface area contributed by atoms with E-state index in [1.165, 1.54) is 283 Å². The summed E-state index contributed by atoms with van der Waals surface area (Å²) in [6.45, 7) is 6.59. The van der Waals surface area contributed by atoms with Crippen molar-refractivity contribution in [3.8, 4) is 0 Å². The number of allylic oxidation sites excluding steroid dienone is 8. The Morgan fingerprint density at radius 1 is 0.253 bits per heavy atom. The number of esters is 3. The average molecular weight is 1160 g/mol. The fraction of sp³-hybridized carbons (Fsp3) is 0.857. The third-order valence-electron chi connectivity index (χ3n) is 16.8. The van der Waals surface area contributed by atoms with Crippen LogP contribution in [0.15, 0.2) is 48.6 Å². The number of rotatable bonds is 69. The Bertz CT molecular complexity index is 1430. The van der Waals surface area contributed by atoms with Gasteiger partial charge in [-0.05, 0) is 57.8 Å². The van der Waals surface area contributed by atoms with Gasteiger partial charge in [-0.3, -0.25) is 14.4 Å². The Morgan fingerprint density at radius 2 is 0.470 bits per heavy atom. The molecule has 1 unspecified atom stereocenters. The summed E-state index contributed by atoms with van der Waals surface area (Å²) in [5.41, 5.74) is 0. The molecule has 486 valence electrons. The van der Waals surface area contributed by atoms with Crippen LogP contribution in [0.1, 0.15) is 406 Å². The fourth-order valence-corrected chi connectivity index (χ4v) is 11.3. The van der Waals surface area contributed by atoms with Crippen LogP contribution in [0.2, 0.25) is 0 Å². The zero-order chi connectivity index (χ0) is 59.9. The molecular formula is C77H142O6. The van der Waals surface area contributed by atoms with E-state index in [0.29, 0.717) is 19.3 Å². The third kappa shape index (κ3) is 70.0. The lowest BCUT2D eigenvalue weighted by molar-refractivity contribution is -0.167. The largest absolute Gasteiger partial charge is 0.462 e. The van der Waals surface area contributed by atoms with Gasteiger partial charge in [0.15, 0.2) is 6.10 Å². The van der Waals surface area contributed by atoms with Crippen molar-refractivity contribution in [2.45, 2.75) is 412 Å². The molecule has 6 nitrogen and oxygen atoms in total. The molecule has 0 heterocycles. The molecule has 0 aromatic carbocycles. The monoisotopic (exact) mass is 1160 g/mol. The van der Waals surface area contributed by atoms with Crippen LogP contribution in [0.3, 0.4) is 0 Å². The van der Waals surface area contributed by atoms with Crippen molar-refractivity contribution >= 4 is 17.9 Å². The summed E-state index contributed by atoms with van der Waals surface area (Å²) in [5, 5.41) is 0. The lowest BCUT2D eigenvalue weighted by Crippen LogP contribution is -2.30. The van der Waals surface area contributed by atoms with Gasteiger partial charge in [0.2, 0.25) is 0 Å². The molecule has 0 spiro atoms. The molecule has 0 bridgehead atoms. The van der Waals surface area contributed by atoms with E-state index in [9.17, 15) is 14.4 Å². The molecule has 1 atom stereocenters. The Hall–Kier alpha value is -2.63. The first-order valence-corrected chi connectivity index (χ1v) is 37.1. The number of carbonyl (C=O) groups is 3. The van der Waals surface area contributed by atoms with E-state index in [-0.39, 0.29) is 31.1 Å². The maximum absolute atomic E-state index is 12.9. The van der Waals surface area contributed by atoms with Crippen LogP contribution in [0.25, 0.3) is 0 Å². The van der Waals surface area contributed by atoms with E-state index in [0.717, 1.165) is 83.5 Å². The first-order chi connectivity index (χ1) is 41.0. The second-order valence-electron chi connectivity index (χ2n) is 25.2. The number of carbonyl (C=O) groups excluding carboxylic acids is 3. The third-order valence-corrected chi connectivity index (χ3v) is 16.8. The number of hydrogen-bond donors (Lipinski definition) is 0. The maximum Gasteiger partial charge on any atom is 0.306 e. The summed E-state index contributed by atoms with van der Waals surface area (Å²) >= 11 is 0. The van der Waals surface area contributed by atoms with Crippen LogP contribution in [-0.4, -0.2) is 37.2 Å². The van der Waals surface area contributed by atoms with Gasteiger partial charge < -0.3 is 14.2 Å². The maximum atomic E-state index is 12.9. The van der Waals surface area contributed by atoms with Crippen molar-refractivity contribution in [3.63, 3.8) is 0 Å². The Labute approximate surface area is 518 Å². The van der Waals surface area contributed by atoms with Gasteiger partial charge in [0.1, 0.15) is 13.2 Å². The second kappa shape index (κ2) is 71.8. The Kier molecular flexibility index (Phi) is 69.6. The highest BCUT2D eigenvalue weighted by molar-refractivity contribution is 5.71. The van der Waals surface area contributed by atoms with Crippen molar-refractivity contribution in [2.75, 3.05) is 13.2 Å². The summed E-state index contributed by atoms with van der Waals surface area (Å²) < 4.78 is 17.0. The predicted molar refractivity (Wildman–Crippen MR) is 362 cm³/mol. The molecule has 0 aliphatic carbocycles. The molecule has 83 heavy (non-hydrogen) atoms. The van der Waals surface area contributed by atoms with E-state index in [2.05, 4.69) is 69.4 Å². The van der Waals surface area contributed by atoms with Gasteiger partial charge in [0.25, 0.3) is 0 Å². The highest BCUT2D eigenvalue weighted by Crippen LogP contribution is 2.19. The summed E-state index contributed by atoms with van der Waals surface area (Å²) in [7, 11) is 0. The van der Waals surface area contributed by atoms with E-state index in [1.54, 1.807) is 0 Å². The van der Waals surface area contributed by atoms with E-state index in [1.807, 2.05) is 0 Å². The van der Waals surface area contributed by atoms with Crippen molar-refractivity contribution in [2.24, 2.45) is 0 Å². The topological polar surface area (TPSA) is 78.9 Å². The molecule has 0 aliphatic heterocycles. The number of hydrogen-bond acceptors (Lipinski definition) is 6. The molecule has 0 N–H and O–H groups in total. The van der Waals surface area contributed by atoms with E-state index in [4.69, 9.17) is 14.2 Å². The molecule has 0 amide bonds. The van der Waals surface area contributed by atoms with Gasteiger partial charge in [-0.2, -0.15) is 0 Å². The van der Waals surface area contributed by atoms with Crippen molar-refractivity contribution in [1.29, 1.82) is 0 Å². The zero-order valence-corrected chi connectivity index (χ0v) is 56.0. The van der Waals surface area contributed by atoms with E-state index >= 15 is 0 Å². The lowest BCUT2D eigenvalue weighted by Gasteiger charge is -2.18. The number of ether oxygens (including phenoxy) is 3. The van der Waals surface area contributed by atoms with Gasteiger partial charge >= 0.3 is 17.9 Å². The Morgan fingerprint density at radius 3 is 0.735 bits per heavy atom. The molecule has 0 rings (SSSR count). The summed E-state index contributed by atoms with van der Waals surface area (Å²) in [5.74, 6) is -0.833. The van der Waals surface area contributed by atoms with Crippen LogP contribution in [0, 0.1) is 0 Å². The first-order valence-electron chi connectivity index (χ1n) is 37.1. The van der Waals surface area contributed by atoms with Crippen LogP contribution in [0.4, 0.5) is 0 Å². The quantitative estimate of drug-likeness (QED) is 0.0261. The second-order valence-corrected chi connectivity index (χ2v) is 25.2. The fourth-order valence-electron chi connectivity index (χ4n) is 11.3. The molecule has 0 fully saturated rings. The minimum Gasteiger partial charge on any atom is -0.462 e. The number of unbranched alkanes of at least 4 members (excludes halogenated alkanes) is 50. The normalized spacial score (nSPS) is 12.3. The van der Waals surface area contributed by atoms with Gasteiger partial charge in [-0.25, -0.2) is 0 Å². The zero-order valence-electron chi connectivity index (χ0n) is 56.0. The molecular weight excluding hydrogens is 1020 g/mol. The summed E-state index contributed by atoms with van der Waals surface area (Å²) in [4.78, 5) is 38.4. The predicted octanol–water partition coefficient (Wildman–Crippen LogP) is 25.7. The summed E-state index contributed by atoms with van der Waals surface area (Å²) in [6.07, 6.45) is 91.8. The van der Waals surface area contributed by atoms with Gasteiger partial charge in [-0.1, -0.05) is 378 Å². The highest BCUT2D eigenvalue weighted by atomic mass is 16.6. The first kappa shape index (κ1) is 80.4. The molecule has 6 heteroatoms. The van der Waals surface area contributed by atoms with Crippen LogP contribution in [-0.2, 0) is 28.6 Å². The van der Waals surface area contributed by atoms with Crippen LogP contribution < -0.4 is 0 Å². The molecule has 0 aromatic heterocycles. The van der Waals surface area contributed by atoms with Gasteiger partial charge in [-0.15, -0.1) is 0 Å². The van der Waals surface area contributed by atoms with Gasteiger partial charge in [0, 0.05) is 19.3 Å². The SMILES string of the molecule is CC/C=C\C/C=C\C/C=C\C/C=C\CCCCCCCCCCCCCCCCCCCCCCCCC(=O)OCC(COC(=O)CCCCCCCCCCCC)OC(=O)CCCCCCCCCCCCCCCCCCCCCC.